The van der Waals surface area contributed by atoms with Crippen LogP contribution in [0.5, 0.6) is 11.5 Å². The number of nitro benzene ring substituents is 1. The van der Waals surface area contributed by atoms with E-state index in [9.17, 15) is 10.1 Å². The number of halogens is 1. The van der Waals surface area contributed by atoms with E-state index in [-0.39, 0.29) is 5.69 Å². The van der Waals surface area contributed by atoms with Crippen molar-refractivity contribution in [3.8, 4) is 11.5 Å². The van der Waals surface area contributed by atoms with E-state index >= 15 is 0 Å². The third-order valence-corrected chi connectivity index (χ3v) is 3.22. The minimum Gasteiger partial charge on any atom is -0.457 e. The summed E-state index contributed by atoms with van der Waals surface area (Å²) >= 11 is 3.39. The van der Waals surface area contributed by atoms with Crippen LogP contribution in [0.1, 0.15) is 11.1 Å². The Balaban J connectivity index is 2.31. The zero-order chi connectivity index (χ0) is 14.0. The molecule has 0 fully saturated rings. The number of benzene rings is 2. The lowest BCUT2D eigenvalue weighted by atomic mass is 10.2. The van der Waals surface area contributed by atoms with Crippen molar-refractivity contribution in [1.82, 2.24) is 0 Å². The minimum atomic E-state index is -0.415. The van der Waals surface area contributed by atoms with Crippen molar-refractivity contribution < 1.29 is 9.66 Å². The maximum atomic E-state index is 10.7. The number of rotatable bonds is 3. The van der Waals surface area contributed by atoms with Gasteiger partial charge in [0.05, 0.1) is 4.92 Å². The molecule has 0 radical (unpaired) electrons. The summed E-state index contributed by atoms with van der Waals surface area (Å²) in [6, 6.07) is 10.3. The third kappa shape index (κ3) is 3.12. The van der Waals surface area contributed by atoms with Gasteiger partial charge in [0.25, 0.3) is 5.69 Å². The molecule has 98 valence electrons. The summed E-state index contributed by atoms with van der Waals surface area (Å²) in [4.78, 5) is 10.3. The molecule has 2 rings (SSSR count). The highest BCUT2D eigenvalue weighted by Gasteiger charge is 2.10. The number of aryl methyl sites for hydroxylation is 2. The Morgan fingerprint density at radius 2 is 1.63 bits per heavy atom. The monoisotopic (exact) mass is 321 g/mol. The largest absolute Gasteiger partial charge is 0.457 e. The molecule has 0 unspecified atom stereocenters. The first-order valence-corrected chi connectivity index (χ1v) is 6.46. The van der Waals surface area contributed by atoms with Crippen molar-refractivity contribution >= 4 is 21.6 Å². The van der Waals surface area contributed by atoms with E-state index in [4.69, 9.17) is 4.74 Å². The summed E-state index contributed by atoms with van der Waals surface area (Å²) in [5, 5.41) is 10.7. The van der Waals surface area contributed by atoms with Gasteiger partial charge in [-0.25, -0.2) is 0 Å². The van der Waals surface area contributed by atoms with E-state index in [1.807, 2.05) is 25.1 Å². The van der Waals surface area contributed by atoms with Gasteiger partial charge in [0.2, 0.25) is 0 Å². The van der Waals surface area contributed by atoms with Crippen LogP contribution in [0.3, 0.4) is 0 Å². The highest BCUT2D eigenvalue weighted by molar-refractivity contribution is 9.10. The Hall–Kier alpha value is -1.88. The maximum absolute atomic E-state index is 10.7. The van der Waals surface area contributed by atoms with Crippen LogP contribution < -0.4 is 4.74 Å². The quantitative estimate of drug-likeness (QED) is 0.604. The Morgan fingerprint density at radius 3 is 2.16 bits per heavy atom. The standard InChI is InChI=1S/C14H12BrNO3/c1-9-7-11(15)3-5-13(9)19-14-6-4-12(16(17)18)8-10(14)2/h3-8H,1-2H3. The van der Waals surface area contributed by atoms with Crippen LogP contribution in [0.15, 0.2) is 40.9 Å². The van der Waals surface area contributed by atoms with Crippen molar-refractivity contribution in [2.75, 3.05) is 0 Å². The van der Waals surface area contributed by atoms with E-state index in [1.165, 1.54) is 12.1 Å². The molecule has 0 aliphatic rings. The van der Waals surface area contributed by atoms with E-state index in [2.05, 4.69) is 15.9 Å². The molecular formula is C14H12BrNO3. The summed E-state index contributed by atoms with van der Waals surface area (Å²) in [6.45, 7) is 3.73. The maximum Gasteiger partial charge on any atom is 0.269 e. The van der Waals surface area contributed by atoms with Gasteiger partial charge in [-0.1, -0.05) is 15.9 Å². The first-order chi connectivity index (χ1) is 8.97. The lowest BCUT2D eigenvalue weighted by Crippen LogP contribution is -1.93. The van der Waals surface area contributed by atoms with E-state index in [1.54, 1.807) is 13.0 Å². The number of ether oxygens (including phenoxy) is 1. The molecule has 2 aromatic rings. The fourth-order valence-corrected chi connectivity index (χ4v) is 2.18. The van der Waals surface area contributed by atoms with Crippen molar-refractivity contribution in [3.63, 3.8) is 0 Å². The predicted molar refractivity (Wildman–Crippen MR) is 76.8 cm³/mol. The van der Waals surface area contributed by atoms with Crippen LogP contribution >= 0.6 is 15.9 Å². The fraction of sp³-hybridized carbons (Fsp3) is 0.143. The number of hydrogen-bond acceptors (Lipinski definition) is 3. The summed E-state index contributed by atoms with van der Waals surface area (Å²) < 4.78 is 6.77. The Bertz CT molecular complexity index is 641. The van der Waals surface area contributed by atoms with Crippen LogP contribution in [-0.2, 0) is 0 Å². The zero-order valence-electron chi connectivity index (χ0n) is 10.5. The average Bonchev–Trinajstić information content (AvgIpc) is 2.34. The van der Waals surface area contributed by atoms with Gasteiger partial charge in [-0.2, -0.15) is 0 Å². The van der Waals surface area contributed by atoms with Gasteiger partial charge in [-0.3, -0.25) is 10.1 Å². The minimum absolute atomic E-state index is 0.0670. The molecule has 0 aliphatic heterocycles. The molecule has 0 heterocycles. The van der Waals surface area contributed by atoms with Gasteiger partial charge in [0.15, 0.2) is 0 Å². The fourth-order valence-electron chi connectivity index (χ4n) is 1.71. The molecule has 0 spiro atoms. The SMILES string of the molecule is Cc1cc(Br)ccc1Oc1ccc([N+](=O)[O-])cc1C. The molecule has 0 atom stereocenters. The molecular weight excluding hydrogens is 310 g/mol. The van der Waals surface area contributed by atoms with E-state index in [0.717, 1.165) is 21.3 Å². The molecule has 2 aromatic carbocycles. The summed E-state index contributed by atoms with van der Waals surface area (Å²) in [6.07, 6.45) is 0. The second kappa shape index (κ2) is 5.40. The van der Waals surface area contributed by atoms with Gasteiger partial charge in [-0.05, 0) is 49.2 Å². The lowest BCUT2D eigenvalue weighted by Gasteiger charge is -2.11. The number of nitrogens with zero attached hydrogens (tertiary/aromatic N) is 1. The summed E-state index contributed by atoms with van der Waals surface area (Å²) in [5.74, 6) is 1.36. The third-order valence-electron chi connectivity index (χ3n) is 2.73. The van der Waals surface area contributed by atoms with Crippen molar-refractivity contribution in [2.24, 2.45) is 0 Å². The zero-order valence-corrected chi connectivity index (χ0v) is 12.1. The second-order valence-electron chi connectivity index (χ2n) is 4.22. The van der Waals surface area contributed by atoms with Crippen LogP contribution in [-0.4, -0.2) is 4.92 Å². The Labute approximate surface area is 119 Å². The summed E-state index contributed by atoms with van der Waals surface area (Å²) in [7, 11) is 0. The topological polar surface area (TPSA) is 52.4 Å². The van der Waals surface area contributed by atoms with Crippen LogP contribution in [0, 0.1) is 24.0 Å². The normalized spacial score (nSPS) is 10.3. The van der Waals surface area contributed by atoms with Crippen molar-refractivity contribution in [1.29, 1.82) is 0 Å². The van der Waals surface area contributed by atoms with Crippen LogP contribution in [0.25, 0.3) is 0 Å². The average molecular weight is 322 g/mol. The predicted octanol–water partition coefficient (Wildman–Crippen LogP) is 4.77. The Morgan fingerprint density at radius 1 is 1.05 bits per heavy atom. The number of non-ortho nitro benzene ring substituents is 1. The van der Waals surface area contributed by atoms with Gasteiger partial charge in [0.1, 0.15) is 11.5 Å². The van der Waals surface area contributed by atoms with Gasteiger partial charge >= 0.3 is 0 Å². The first kappa shape index (κ1) is 13.5. The van der Waals surface area contributed by atoms with Gasteiger partial charge in [-0.15, -0.1) is 0 Å². The van der Waals surface area contributed by atoms with Gasteiger partial charge in [0, 0.05) is 16.6 Å². The molecule has 0 N–H and O–H groups in total. The molecule has 0 amide bonds. The molecule has 5 heteroatoms. The highest BCUT2D eigenvalue weighted by atomic mass is 79.9. The molecule has 19 heavy (non-hydrogen) atoms. The van der Waals surface area contributed by atoms with Gasteiger partial charge < -0.3 is 4.74 Å². The molecule has 0 saturated heterocycles. The number of hydrogen-bond donors (Lipinski definition) is 0. The van der Waals surface area contributed by atoms with E-state index < -0.39 is 4.92 Å². The molecule has 0 bridgehead atoms. The van der Waals surface area contributed by atoms with Crippen LogP contribution in [0.2, 0.25) is 0 Å². The highest BCUT2D eigenvalue weighted by Crippen LogP contribution is 2.31. The summed E-state index contributed by atoms with van der Waals surface area (Å²) in [5.41, 5.74) is 1.79. The van der Waals surface area contributed by atoms with Crippen molar-refractivity contribution in [2.45, 2.75) is 13.8 Å². The molecule has 0 aliphatic carbocycles. The number of nitro groups is 1. The van der Waals surface area contributed by atoms with Crippen molar-refractivity contribution in [3.05, 3.63) is 62.1 Å². The van der Waals surface area contributed by atoms with Crippen LogP contribution in [0.4, 0.5) is 5.69 Å². The molecule has 0 aromatic heterocycles. The van der Waals surface area contributed by atoms with E-state index in [0.29, 0.717) is 5.75 Å². The first-order valence-electron chi connectivity index (χ1n) is 5.66. The molecule has 4 nitrogen and oxygen atoms in total. The second-order valence-corrected chi connectivity index (χ2v) is 5.13. The Kier molecular flexibility index (Phi) is 3.85. The lowest BCUT2D eigenvalue weighted by molar-refractivity contribution is -0.384. The smallest absolute Gasteiger partial charge is 0.269 e. The molecule has 0 saturated carbocycles.